The highest BCUT2D eigenvalue weighted by atomic mass is 35.5. The zero-order valence-corrected chi connectivity index (χ0v) is 12.3. The minimum atomic E-state index is -2.94. The standard InChI is InChI=1S/C11H16ClO3PS/c1-3-11(4-2,15-16(13)14)17-10-7-5-9(12)6-8-10/h5-8,16H,3-4H2,1-2H3,(H,13,14). The van der Waals surface area contributed by atoms with Crippen molar-refractivity contribution in [3.8, 4) is 0 Å². The minimum Gasteiger partial charge on any atom is -0.326 e. The summed E-state index contributed by atoms with van der Waals surface area (Å²) in [4.78, 5) is 9.30. The topological polar surface area (TPSA) is 46.5 Å². The highest BCUT2D eigenvalue weighted by molar-refractivity contribution is 8.00. The van der Waals surface area contributed by atoms with Gasteiger partial charge in [0.25, 0.3) is 0 Å². The molecule has 0 aliphatic rings. The molecule has 1 rings (SSSR count). The lowest BCUT2D eigenvalue weighted by atomic mass is 10.2. The predicted octanol–water partition coefficient (Wildman–Crippen LogP) is 4.35. The van der Waals surface area contributed by atoms with Gasteiger partial charge in [-0.1, -0.05) is 37.2 Å². The van der Waals surface area contributed by atoms with Crippen molar-refractivity contribution in [2.45, 2.75) is 36.5 Å². The number of rotatable bonds is 6. The molecule has 0 fully saturated rings. The van der Waals surface area contributed by atoms with Gasteiger partial charge in [0, 0.05) is 9.92 Å². The molecule has 0 aliphatic carbocycles. The summed E-state index contributed by atoms with van der Waals surface area (Å²) in [5, 5.41) is 0.671. The van der Waals surface area contributed by atoms with Gasteiger partial charge in [0.1, 0.15) is 4.93 Å². The van der Waals surface area contributed by atoms with Crippen LogP contribution < -0.4 is 0 Å². The van der Waals surface area contributed by atoms with Crippen molar-refractivity contribution < 1.29 is 14.0 Å². The highest BCUT2D eigenvalue weighted by Crippen LogP contribution is 2.44. The maximum Gasteiger partial charge on any atom is 0.317 e. The van der Waals surface area contributed by atoms with Crippen LogP contribution in [0, 0.1) is 0 Å². The van der Waals surface area contributed by atoms with E-state index in [4.69, 9.17) is 21.0 Å². The first-order valence-corrected chi connectivity index (χ1v) is 7.83. The zero-order valence-electron chi connectivity index (χ0n) is 9.77. The Bertz CT molecular complexity index is 379. The molecule has 6 heteroatoms. The molecule has 1 aromatic carbocycles. The Balaban J connectivity index is 2.85. The molecule has 17 heavy (non-hydrogen) atoms. The molecule has 1 aromatic rings. The van der Waals surface area contributed by atoms with E-state index in [1.165, 1.54) is 11.8 Å². The Labute approximate surface area is 111 Å². The van der Waals surface area contributed by atoms with E-state index in [0.29, 0.717) is 17.9 Å². The van der Waals surface area contributed by atoms with Crippen LogP contribution in [0.1, 0.15) is 26.7 Å². The van der Waals surface area contributed by atoms with Gasteiger partial charge >= 0.3 is 8.25 Å². The SMILES string of the molecule is CCC(CC)(O[PH](=O)O)Sc1ccc(Cl)cc1. The highest BCUT2D eigenvalue weighted by Gasteiger charge is 2.30. The summed E-state index contributed by atoms with van der Waals surface area (Å²) in [5.74, 6) is 0. The third-order valence-corrected chi connectivity index (χ3v) is 4.97. The fraction of sp³-hybridized carbons (Fsp3) is 0.455. The summed E-state index contributed by atoms with van der Waals surface area (Å²) in [5.41, 5.74) is 0. The molecule has 0 saturated carbocycles. The van der Waals surface area contributed by atoms with Crippen LogP contribution in [0.15, 0.2) is 29.2 Å². The molecule has 0 aromatic heterocycles. The van der Waals surface area contributed by atoms with Crippen molar-refractivity contribution in [1.82, 2.24) is 0 Å². The second kappa shape index (κ2) is 6.81. The van der Waals surface area contributed by atoms with Gasteiger partial charge in [-0.3, -0.25) is 9.09 Å². The summed E-state index contributed by atoms with van der Waals surface area (Å²) < 4.78 is 16.1. The average molecular weight is 295 g/mol. The Morgan fingerprint density at radius 3 is 2.29 bits per heavy atom. The maximum atomic E-state index is 10.9. The third kappa shape index (κ3) is 4.65. The van der Waals surface area contributed by atoms with Crippen molar-refractivity contribution in [1.29, 1.82) is 0 Å². The van der Waals surface area contributed by atoms with E-state index in [9.17, 15) is 4.57 Å². The molecule has 0 saturated heterocycles. The molecule has 0 heterocycles. The van der Waals surface area contributed by atoms with Crippen molar-refractivity contribution >= 4 is 31.6 Å². The molecule has 0 spiro atoms. The largest absolute Gasteiger partial charge is 0.326 e. The van der Waals surface area contributed by atoms with Crippen LogP contribution in [-0.2, 0) is 9.09 Å². The molecular weight excluding hydrogens is 279 g/mol. The van der Waals surface area contributed by atoms with E-state index >= 15 is 0 Å². The Hall–Kier alpha value is 0.01000. The van der Waals surface area contributed by atoms with Crippen molar-refractivity contribution in [2.75, 3.05) is 0 Å². The van der Waals surface area contributed by atoms with E-state index in [0.717, 1.165) is 4.90 Å². The second-order valence-electron chi connectivity index (χ2n) is 3.54. The fourth-order valence-electron chi connectivity index (χ4n) is 1.44. The summed E-state index contributed by atoms with van der Waals surface area (Å²) >= 11 is 7.27. The Morgan fingerprint density at radius 2 is 1.88 bits per heavy atom. The third-order valence-electron chi connectivity index (χ3n) is 2.47. The van der Waals surface area contributed by atoms with Gasteiger partial charge < -0.3 is 4.89 Å². The molecular formula is C11H16ClO3PS. The van der Waals surface area contributed by atoms with E-state index in [1.807, 2.05) is 26.0 Å². The number of thioether (sulfide) groups is 1. The van der Waals surface area contributed by atoms with Crippen molar-refractivity contribution in [2.24, 2.45) is 0 Å². The zero-order chi connectivity index (χ0) is 12.9. The van der Waals surface area contributed by atoms with Gasteiger partial charge in [-0.05, 0) is 37.1 Å². The first-order valence-electron chi connectivity index (χ1n) is 5.38. The second-order valence-corrected chi connectivity index (χ2v) is 6.13. The summed E-state index contributed by atoms with van der Waals surface area (Å²) in [6.45, 7) is 3.88. The molecule has 1 atom stereocenters. The number of hydrogen-bond acceptors (Lipinski definition) is 3. The van der Waals surface area contributed by atoms with E-state index in [1.54, 1.807) is 12.1 Å². The molecule has 0 amide bonds. The summed E-state index contributed by atoms with van der Waals surface area (Å²) in [7, 11) is -2.94. The lowest BCUT2D eigenvalue weighted by Gasteiger charge is -2.29. The van der Waals surface area contributed by atoms with Gasteiger partial charge in [0.2, 0.25) is 0 Å². The van der Waals surface area contributed by atoms with Crippen LogP contribution in [0.5, 0.6) is 0 Å². The summed E-state index contributed by atoms with van der Waals surface area (Å²) in [6, 6.07) is 7.35. The van der Waals surface area contributed by atoms with E-state index in [2.05, 4.69) is 0 Å². The lowest BCUT2D eigenvalue weighted by Crippen LogP contribution is -2.23. The lowest BCUT2D eigenvalue weighted by molar-refractivity contribution is 0.147. The molecule has 0 radical (unpaired) electrons. The maximum absolute atomic E-state index is 10.9. The van der Waals surface area contributed by atoms with E-state index in [-0.39, 0.29) is 0 Å². The van der Waals surface area contributed by atoms with Crippen molar-refractivity contribution in [3.63, 3.8) is 0 Å². The van der Waals surface area contributed by atoms with Crippen LogP contribution in [-0.4, -0.2) is 9.83 Å². The Kier molecular flexibility index (Phi) is 6.04. The number of hydrogen-bond donors (Lipinski definition) is 1. The van der Waals surface area contributed by atoms with Gasteiger partial charge in [0.05, 0.1) is 0 Å². The predicted molar refractivity (Wildman–Crippen MR) is 72.9 cm³/mol. The van der Waals surface area contributed by atoms with Crippen LogP contribution >= 0.6 is 31.6 Å². The van der Waals surface area contributed by atoms with Gasteiger partial charge in [-0.15, -0.1) is 0 Å². The normalized spacial score (nSPS) is 13.6. The quantitative estimate of drug-likeness (QED) is 0.481. The molecule has 1 unspecified atom stereocenters. The number of halogens is 1. The van der Waals surface area contributed by atoms with Gasteiger partial charge in [-0.25, -0.2) is 0 Å². The summed E-state index contributed by atoms with van der Waals surface area (Å²) in [6.07, 6.45) is 1.32. The van der Waals surface area contributed by atoms with Crippen molar-refractivity contribution in [3.05, 3.63) is 29.3 Å². The first kappa shape index (κ1) is 15.1. The molecule has 0 aliphatic heterocycles. The van der Waals surface area contributed by atoms with Crippen LogP contribution in [0.2, 0.25) is 5.02 Å². The fourth-order valence-corrected chi connectivity index (χ4v) is 3.54. The molecule has 3 nitrogen and oxygen atoms in total. The van der Waals surface area contributed by atoms with Gasteiger partial charge in [0.15, 0.2) is 0 Å². The van der Waals surface area contributed by atoms with Crippen LogP contribution in [0.25, 0.3) is 0 Å². The molecule has 0 bridgehead atoms. The van der Waals surface area contributed by atoms with Crippen LogP contribution in [0.3, 0.4) is 0 Å². The van der Waals surface area contributed by atoms with Gasteiger partial charge in [-0.2, -0.15) is 0 Å². The minimum absolute atomic E-state index is 0.640. The van der Waals surface area contributed by atoms with E-state index < -0.39 is 13.2 Å². The molecule has 1 N–H and O–H groups in total. The first-order chi connectivity index (χ1) is 8.01. The monoisotopic (exact) mass is 294 g/mol. The average Bonchev–Trinajstić information content (AvgIpc) is 2.30. The van der Waals surface area contributed by atoms with Crippen LogP contribution in [0.4, 0.5) is 0 Å². The Morgan fingerprint density at radius 1 is 1.35 bits per heavy atom. The molecule has 96 valence electrons. The number of benzene rings is 1. The smallest absolute Gasteiger partial charge is 0.317 e.